The number of nitrogens with one attached hydrogen (secondary N) is 2. The van der Waals surface area contributed by atoms with Crippen LogP contribution in [-0.2, 0) is 12.7 Å². The Kier molecular flexibility index (Phi) is 5.54. The van der Waals surface area contributed by atoms with Gasteiger partial charge in [0.2, 0.25) is 5.56 Å². The van der Waals surface area contributed by atoms with Gasteiger partial charge in [0.1, 0.15) is 5.75 Å². The molecule has 1 saturated carbocycles. The molecule has 4 nitrogen and oxygen atoms in total. The lowest BCUT2D eigenvalue weighted by molar-refractivity contribution is -0.137. The fourth-order valence-electron chi connectivity index (χ4n) is 3.10. The van der Waals surface area contributed by atoms with Gasteiger partial charge in [-0.3, -0.25) is 4.79 Å². The van der Waals surface area contributed by atoms with Gasteiger partial charge in [0.25, 0.3) is 0 Å². The molecule has 1 heterocycles. The number of halogens is 3. The monoisotopic (exact) mass is 366 g/mol. The molecule has 0 spiro atoms. The Morgan fingerprint density at radius 2 is 1.88 bits per heavy atom. The summed E-state index contributed by atoms with van der Waals surface area (Å²) in [5.74, 6) is 0.254. The van der Waals surface area contributed by atoms with Gasteiger partial charge in [-0.15, -0.1) is 0 Å². The van der Waals surface area contributed by atoms with E-state index >= 15 is 0 Å². The third kappa shape index (κ3) is 4.80. The van der Waals surface area contributed by atoms with E-state index in [9.17, 15) is 18.0 Å². The predicted octanol–water partition coefficient (Wildman–Crippen LogP) is 4.72. The highest BCUT2D eigenvalue weighted by Gasteiger charge is 2.31. The molecule has 7 heteroatoms. The van der Waals surface area contributed by atoms with Crippen molar-refractivity contribution in [3.05, 3.63) is 58.0 Å². The lowest BCUT2D eigenvalue weighted by Gasteiger charge is -2.25. The second-order valence-corrected chi connectivity index (χ2v) is 6.49. The van der Waals surface area contributed by atoms with Crippen molar-refractivity contribution in [3.8, 4) is 5.75 Å². The van der Waals surface area contributed by atoms with Gasteiger partial charge >= 0.3 is 6.18 Å². The zero-order chi connectivity index (χ0) is 18.6. The molecule has 0 radical (unpaired) electrons. The average Bonchev–Trinajstić information content (AvgIpc) is 2.61. The lowest BCUT2D eigenvalue weighted by atomic mass is 9.97. The first kappa shape index (κ1) is 18.4. The van der Waals surface area contributed by atoms with Crippen molar-refractivity contribution in [2.24, 2.45) is 0 Å². The van der Waals surface area contributed by atoms with E-state index in [-0.39, 0.29) is 24.0 Å². The zero-order valence-electron chi connectivity index (χ0n) is 14.2. The first-order valence-corrected chi connectivity index (χ1v) is 8.71. The summed E-state index contributed by atoms with van der Waals surface area (Å²) >= 11 is 0. The summed E-state index contributed by atoms with van der Waals surface area (Å²) in [6.45, 7) is 0.268. The maximum Gasteiger partial charge on any atom is 0.416 e. The first-order chi connectivity index (χ1) is 12.4. The molecule has 1 aromatic heterocycles. The Labute approximate surface area is 149 Å². The minimum atomic E-state index is -4.41. The average molecular weight is 366 g/mol. The number of pyridine rings is 1. The molecular weight excluding hydrogens is 345 g/mol. The van der Waals surface area contributed by atoms with Crippen molar-refractivity contribution < 1.29 is 17.9 Å². The third-order valence-electron chi connectivity index (χ3n) is 4.50. The van der Waals surface area contributed by atoms with Crippen molar-refractivity contribution in [3.63, 3.8) is 0 Å². The van der Waals surface area contributed by atoms with E-state index in [4.69, 9.17) is 4.74 Å². The number of aromatic amines is 1. The number of hydrogen-bond acceptors (Lipinski definition) is 3. The largest absolute Gasteiger partial charge is 0.490 e. The number of ether oxygens (including phenoxy) is 1. The normalized spacial score (nSPS) is 15.7. The van der Waals surface area contributed by atoms with E-state index in [1.165, 1.54) is 18.3 Å². The molecule has 1 aromatic carbocycles. The van der Waals surface area contributed by atoms with Crippen LogP contribution in [-0.4, -0.2) is 11.1 Å². The van der Waals surface area contributed by atoms with Gasteiger partial charge in [-0.25, -0.2) is 0 Å². The summed E-state index contributed by atoms with van der Waals surface area (Å²) < 4.78 is 45.1. The Balaban J connectivity index is 1.81. The lowest BCUT2D eigenvalue weighted by Crippen LogP contribution is -2.21. The number of H-pyrrole nitrogens is 1. The van der Waals surface area contributed by atoms with Crippen molar-refractivity contribution in [1.82, 2.24) is 4.98 Å². The van der Waals surface area contributed by atoms with Crippen LogP contribution in [0.25, 0.3) is 0 Å². The second kappa shape index (κ2) is 7.85. The number of rotatable bonds is 5. The van der Waals surface area contributed by atoms with Gasteiger partial charge in [0, 0.05) is 30.1 Å². The van der Waals surface area contributed by atoms with Crippen LogP contribution >= 0.6 is 0 Å². The summed E-state index contributed by atoms with van der Waals surface area (Å²) in [5, 5.41) is 3.06. The van der Waals surface area contributed by atoms with Crippen LogP contribution in [0.3, 0.4) is 0 Å². The molecule has 0 saturated heterocycles. The second-order valence-electron chi connectivity index (χ2n) is 6.49. The van der Waals surface area contributed by atoms with Crippen LogP contribution in [0.4, 0.5) is 18.9 Å². The highest BCUT2D eigenvalue weighted by atomic mass is 19.4. The molecule has 0 bridgehead atoms. The molecule has 2 N–H and O–H groups in total. The molecule has 26 heavy (non-hydrogen) atoms. The summed E-state index contributed by atoms with van der Waals surface area (Å²) in [6.07, 6.45) is 1.97. The molecular formula is C19H21F3N2O2. The minimum Gasteiger partial charge on any atom is -0.490 e. The molecule has 1 aliphatic carbocycles. The summed E-state index contributed by atoms with van der Waals surface area (Å²) in [4.78, 5) is 13.9. The summed E-state index contributed by atoms with van der Waals surface area (Å²) in [6, 6.07) is 6.64. The maximum atomic E-state index is 13.1. The quantitative estimate of drug-likeness (QED) is 0.805. The van der Waals surface area contributed by atoms with Crippen LogP contribution in [0.1, 0.15) is 43.2 Å². The van der Waals surface area contributed by atoms with E-state index < -0.39 is 11.7 Å². The summed E-state index contributed by atoms with van der Waals surface area (Å²) in [7, 11) is 0. The van der Waals surface area contributed by atoms with Gasteiger partial charge in [-0.2, -0.15) is 13.2 Å². The molecule has 0 atom stereocenters. The fourth-order valence-corrected chi connectivity index (χ4v) is 3.10. The smallest absolute Gasteiger partial charge is 0.416 e. The van der Waals surface area contributed by atoms with Crippen LogP contribution in [0, 0.1) is 0 Å². The minimum absolute atomic E-state index is 0.0504. The van der Waals surface area contributed by atoms with E-state index in [1.54, 1.807) is 6.07 Å². The van der Waals surface area contributed by atoms with Crippen molar-refractivity contribution in [1.29, 1.82) is 0 Å². The van der Waals surface area contributed by atoms with Crippen molar-refractivity contribution in [2.45, 2.75) is 50.9 Å². The van der Waals surface area contributed by atoms with Gasteiger partial charge < -0.3 is 15.0 Å². The first-order valence-electron chi connectivity index (χ1n) is 8.71. The molecule has 140 valence electrons. The number of aromatic nitrogens is 1. The Hall–Kier alpha value is -2.44. The van der Waals surface area contributed by atoms with Crippen molar-refractivity contribution in [2.75, 3.05) is 5.32 Å². The zero-order valence-corrected chi connectivity index (χ0v) is 14.2. The fraction of sp³-hybridized carbons (Fsp3) is 0.421. The van der Waals surface area contributed by atoms with Crippen LogP contribution in [0.2, 0.25) is 0 Å². The SMILES string of the molecule is O=c1cc(NCc2ccc(C(F)(F)F)cc2OC2CCCCC2)cc[nH]1. The van der Waals surface area contributed by atoms with Crippen LogP contribution < -0.4 is 15.6 Å². The molecule has 2 aromatic rings. The summed E-state index contributed by atoms with van der Waals surface area (Å²) in [5.41, 5.74) is 0.255. The molecule has 3 rings (SSSR count). The number of alkyl halides is 3. The van der Waals surface area contributed by atoms with E-state index in [1.807, 2.05) is 0 Å². The third-order valence-corrected chi connectivity index (χ3v) is 4.50. The maximum absolute atomic E-state index is 13.1. The Morgan fingerprint density at radius 3 is 2.58 bits per heavy atom. The molecule has 1 fully saturated rings. The molecule has 0 amide bonds. The number of benzene rings is 1. The molecule has 0 aliphatic heterocycles. The highest BCUT2D eigenvalue weighted by Crippen LogP contribution is 2.35. The van der Waals surface area contributed by atoms with E-state index in [0.29, 0.717) is 11.3 Å². The van der Waals surface area contributed by atoms with Gasteiger partial charge in [-0.05, 0) is 43.9 Å². The van der Waals surface area contributed by atoms with Gasteiger partial charge in [-0.1, -0.05) is 12.5 Å². The topological polar surface area (TPSA) is 54.1 Å². The van der Waals surface area contributed by atoms with Crippen LogP contribution in [0.15, 0.2) is 41.3 Å². The van der Waals surface area contributed by atoms with Gasteiger partial charge in [0.15, 0.2) is 0 Å². The Morgan fingerprint density at radius 1 is 1.12 bits per heavy atom. The number of anilines is 1. The Bertz CT molecular complexity index is 796. The van der Waals surface area contributed by atoms with Gasteiger partial charge in [0.05, 0.1) is 11.7 Å². The van der Waals surface area contributed by atoms with E-state index in [0.717, 1.165) is 44.2 Å². The predicted molar refractivity (Wildman–Crippen MR) is 93.3 cm³/mol. The standard InChI is InChI=1S/C19H21F3N2O2/c20-19(21,22)14-7-6-13(12-24-15-8-9-23-18(25)11-15)17(10-14)26-16-4-2-1-3-5-16/h6-11,16H,1-5,12H2,(H2,23,24,25). The van der Waals surface area contributed by atoms with Crippen LogP contribution in [0.5, 0.6) is 5.75 Å². The van der Waals surface area contributed by atoms with E-state index in [2.05, 4.69) is 10.3 Å². The molecule has 0 unspecified atom stereocenters. The van der Waals surface area contributed by atoms with Crippen molar-refractivity contribution >= 4 is 5.69 Å². The number of hydrogen-bond donors (Lipinski definition) is 2. The highest BCUT2D eigenvalue weighted by molar-refractivity contribution is 5.45. The molecule has 1 aliphatic rings.